The molecule has 3 nitrogen and oxygen atoms in total. The van der Waals surface area contributed by atoms with Crippen molar-refractivity contribution in [2.24, 2.45) is 0 Å². The average molecular weight is 381 g/mol. The lowest BCUT2D eigenvalue weighted by Gasteiger charge is -2.24. The standard InChI is InChI=1S/C26H23NO2/c1-26(29,24-15-13-21(14-16-24)19-7-3-2-4-8-19)18-27-25(28)23-12-11-20-9-5-6-10-22(20)17-23/h2-17,29H,18H2,1H3,(H,27,28). The van der Waals surface area contributed by atoms with Gasteiger partial charge in [-0.15, -0.1) is 0 Å². The second-order valence-electron chi connectivity index (χ2n) is 7.46. The summed E-state index contributed by atoms with van der Waals surface area (Å²) in [5, 5.41) is 15.9. The second-order valence-corrected chi connectivity index (χ2v) is 7.46. The van der Waals surface area contributed by atoms with Crippen LogP contribution in [0.3, 0.4) is 0 Å². The number of carbonyl (C=O) groups is 1. The van der Waals surface area contributed by atoms with Crippen LogP contribution in [0.1, 0.15) is 22.8 Å². The van der Waals surface area contributed by atoms with Gasteiger partial charge in [-0.05, 0) is 46.5 Å². The summed E-state index contributed by atoms with van der Waals surface area (Å²) in [4.78, 5) is 12.6. The molecule has 4 aromatic rings. The van der Waals surface area contributed by atoms with Crippen LogP contribution < -0.4 is 5.32 Å². The fraction of sp³-hybridized carbons (Fsp3) is 0.115. The molecule has 4 aromatic carbocycles. The molecule has 1 atom stereocenters. The van der Waals surface area contributed by atoms with Gasteiger partial charge in [0.1, 0.15) is 5.60 Å². The van der Waals surface area contributed by atoms with E-state index in [0.717, 1.165) is 27.5 Å². The maximum atomic E-state index is 12.6. The first kappa shape index (κ1) is 18.9. The van der Waals surface area contributed by atoms with E-state index in [-0.39, 0.29) is 12.5 Å². The van der Waals surface area contributed by atoms with Crippen LogP contribution in [0.25, 0.3) is 21.9 Å². The van der Waals surface area contributed by atoms with Gasteiger partial charge in [0.15, 0.2) is 0 Å². The zero-order chi connectivity index (χ0) is 20.3. The summed E-state index contributed by atoms with van der Waals surface area (Å²) in [5.74, 6) is -0.197. The topological polar surface area (TPSA) is 49.3 Å². The molecular formula is C26H23NO2. The van der Waals surface area contributed by atoms with E-state index in [4.69, 9.17) is 0 Å². The molecule has 4 rings (SSSR count). The molecule has 29 heavy (non-hydrogen) atoms. The van der Waals surface area contributed by atoms with Crippen molar-refractivity contribution in [3.63, 3.8) is 0 Å². The molecule has 0 spiro atoms. The monoisotopic (exact) mass is 381 g/mol. The van der Waals surface area contributed by atoms with Gasteiger partial charge in [-0.2, -0.15) is 0 Å². The predicted octanol–water partition coefficient (Wildman–Crippen LogP) is 5.14. The first-order chi connectivity index (χ1) is 14.0. The molecule has 0 aliphatic rings. The fourth-order valence-electron chi connectivity index (χ4n) is 3.44. The summed E-state index contributed by atoms with van der Waals surface area (Å²) in [6.07, 6.45) is 0. The molecule has 3 heteroatoms. The van der Waals surface area contributed by atoms with Crippen LogP contribution in [0.4, 0.5) is 0 Å². The third kappa shape index (κ3) is 4.20. The highest BCUT2D eigenvalue weighted by molar-refractivity contribution is 5.98. The number of rotatable bonds is 5. The molecule has 0 aliphatic heterocycles. The molecular weight excluding hydrogens is 358 g/mol. The molecule has 0 aliphatic carbocycles. The van der Waals surface area contributed by atoms with E-state index in [0.29, 0.717) is 5.56 Å². The van der Waals surface area contributed by atoms with Crippen molar-refractivity contribution < 1.29 is 9.90 Å². The number of amides is 1. The summed E-state index contributed by atoms with van der Waals surface area (Å²) in [7, 11) is 0. The number of hydrogen-bond donors (Lipinski definition) is 2. The largest absolute Gasteiger partial charge is 0.384 e. The Morgan fingerprint density at radius 2 is 1.41 bits per heavy atom. The summed E-state index contributed by atoms with van der Waals surface area (Å²) in [6, 6.07) is 31.4. The molecule has 1 amide bonds. The summed E-state index contributed by atoms with van der Waals surface area (Å²) < 4.78 is 0. The van der Waals surface area contributed by atoms with Gasteiger partial charge in [0.25, 0.3) is 5.91 Å². The zero-order valence-electron chi connectivity index (χ0n) is 16.3. The van der Waals surface area contributed by atoms with Gasteiger partial charge < -0.3 is 10.4 Å². The first-order valence-corrected chi connectivity index (χ1v) is 9.68. The molecule has 0 saturated carbocycles. The van der Waals surface area contributed by atoms with E-state index in [1.54, 1.807) is 13.0 Å². The van der Waals surface area contributed by atoms with Crippen molar-refractivity contribution in [1.29, 1.82) is 0 Å². The van der Waals surface area contributed by atoms with Gasteiger partial charge in [0.05, 0.1) is 6.54 Å². The van der Waals surface area contributed by atoms with Gasteiger partial charge >= 0.3 is 0 Å². The molecule has 144 valence electrons. The van der Waals surface area contributed by atoms with Crippen molar-refractivity contribution in [2.75, 3.05) is 6.54 Å². The molecule has 0 aromatic heterocycles. The lowest BCUT2D eigenvalue weighted by Crippen LogP contribution is -2.38. The van der Waals surface area contributed by atoms with Crippen molar-refractivity contribution in [2.45, 2.75) is 12.5 Å². The third-order valence-electron chi connectivity index (χ3n) is 5.22. The van der Waals surface area contributed by atoms with Gasteiger partial charge in [-0.1, -0.05) is 84.9 Å². The summed E-state index contributed by atoms with van der Waals surface area (Å²) in [5.41, 5.74) is 2.39. The molecule has 0 heterocycles. The van der Waals surface area contributed by atoms with Crippen molar-refractivity contribution in [3.8, 4) is 11.1 Å². The number of nitrogens with one attached hydrogen (secondary N) is 1. The fourth-order valence-corrected chi connectivity index (χ4v) is 3.44. The van der Waals surface area contributed by atoms with E-state index in [1.165, 1.54) is 0 Å². The van der Waals surface area contributed by atoms with Gasteiger partial charge in [-0.25, -0.2) is 0 Å². The normalized spacial score (nSPS) is 13.0. The van der Waals surface area contributed by atoms with E-state index in [1.807, 2.05) is 78.9 Å². The molecule has 0 fully saturated rings. The van der Waals surface area contributed by atoms with E-state index in [2.05, 4.69) is 17.4 Å². The van der Waals surface area contributed by atoms with Gasteiger partial charge in [0, 0.05) is 5.56 Å². The van der Waals surface area contributed by atoms with E-state index in [9.17, 15) is 9.90 Å². The third-order valence-corrected chi connectivity index (χ3v) is 5.22. The van der Waals surface area contributed by atoms with Crippen LogP contribution in [0.5, 0.6) is 0 Å². The smallest absolute Gasteiger partial charge is 0.251 e. The number of benzene rings is 4. The Kier molecular flexibility index (Phi) is 5.15. The number of fused-ring (bicyclic) bond motifs is 1. The Labute approximate surface area is 170 Å². The molecule has 0 bridgehead atoms. The highest BCUT2D eigenvalue weighted by Crippen LogP contribution is 2.25. The minimum atomic E-state index is -1.16. The van der Waals surface area contributed by atoms with Crippen molar-refractivity contribution in [3.05, 3.63) is 108 Å². The highest BCUT2D eigenvalue weighted by atomic mass is 16.3. The molecule has 1 unspecified atom stereocenters. The Morgan fingerprint density at radius 3 is 2.14 bits per heavy atom. The maximum Gasteiger partial charge on any atom is 0.251 e. The predicted molar refractivity (Wildman–Crippen MR) is 118 cm³/mol. The van der Waals surface area contributed by atoms with Crippen LogP contribution in [0.15, 0.2) is 97.1 Å². The number of aliphatic hydroxyl groups is 1. The van der Waals surface area contributed by atoms with Crippen LogP contribution in [0, 0.1) is 0 Å². The van der Waals surface area contributed by atoms with Gasteiger partial charge in [0.2, 0.25) is 0 Å². The Balaban J connectivity index is 1.45. The lowest BCUT2D eigenvalue weighted by atomic mass is 9.93. The van der Waals surface area contributed by atoms with Crippen LogP contribution in [-0.2, 0) is 5.60 Å². The highest BCUT2D eigenvalue weighted by Gasteiger charge is 2.24. The molecule has 2 N–H and O–H groups in total. The lowest BCUT2D eigenvalue weighted by molar-refractivity contribution is 0.0526. The SMILES string of the molecule is CC(O)(CNC(=O)c1ccc2ccccc2c1)c1ccc(-c2ccccc2)cc1. The van der Waals surface area contributed by atoms with E-state index >= 15 is 0 Å². The van der Waals surface area contributed by atoms with Crippen molar-refractivity contribution >= 4 is 16.7 Å². The van der Waals surface area contributed by atoms with Crippen LogP contribution in [0.2, 0.25) is 0 Å². The Hall–Kier alpha value is -3.43. The minimum absolute atomic E-state index is 0.128. The number of hydrogen-bond acceptors (Lipinski definition) is 2. The van der Waals surface area contributed by atoms with Crippen molar-refractivity contribution in [1.82, 2.24) is 5.32 Å². The maximum absolute atomic E-state index is 12.6. The molecule has 0 radical (unpaired) electrons. The quantitative estimate of drug-likeness (QED) is 0.503. The van der Waals surface area contributed by atoms with E-state index < -0.39 is 5.60 Å². The second kappa shape index (κ2) is 7.90. The first-order valence-electron chi connectivity index (χ1n) is 9.68. The van der Waals surface area contributed by atoms with Gasteiger partial charge in [-0.3, -0.25) is 4.79 Å². The Bertz CT molecular complexity index is 1130. The summed E-state index contributed by atoms with van der Waals surface area (Å²) >= 11 is 0. The average Bonchev–Trinajstić information content (AvgIpc) is 2.78. The van der Waals surface area contributed by atoms with Crippen LogP contribution >= 0.6 is 0 Å². The van der Waals surface area contributed by atoms with Crippen LogP contribution in [-0.4, -0.2) is 17.6 Å². The zero-order valence-corrected chi connectivity index (χ0v) is 16.3. The molecule has 0 saturated heterocycles. The summed E-state index contributed by atoms with van der Waals surface area (Å²) in [6.45, 7) is 1.84. The number of carbonyl (C=O) groups excluding carboxylic acids is 1. The minimum Gasteiger partial charge on any atom is -0.384 e. The Morgan fingerprint density at radius 1 is 0.793 bits per heavy atom.